The molecule has 2 aromatic carbocycles. The zero-order valence-electron chi connectivity index (χ0n) is 22.4. The number of nitro groups is 1. The molecule has 4 rings (SSSR count). The van der Waals surface area contributed by atoms with Crippen LogP contribution in [0.25, 0.3) is 5.69 Å². The largest absolute Gasteiger partial charge is 0.467 e. The number of sulfonamides is 1. The lowest BCUT2D eigenvalue weighted by molar-refractivity contribution is -0.385. The molecule has 2 aromatic heterocycles. The lowest BCUT2D eigenvalue weighted by Crippen LogP contribution is -2.25. The van der Waals surface area contributed by atoms with Crippen LogP contribution in [-0.4, -0.2) is 35.6 Å². The SMILES string of the molecule is CCCNS(=O)(=O)c1cc([N+](=O)[O-])ccc1Oc1c(C)c(C(=O)NCc2ccco2)nn1-c1cc(C)ccc1C. The van der Waals surface area contributed by atoms with Crippen molar-refractivity contribution >= 4 is 21.6 Å². The van der Waals surface area contributed by atoms with Crippen LogP contribution < -0.4 is 14.8 Å². The Morgan fingerprint density at radius 3 is 2.60 bits per heavy atom. The molecular weight excluding hydrogens is 538 g/mol. The summed E-state index contributed by atoms with van der Waals surface area (Å²) in [4.78, 5) is 23.5. The Balaban J connectivity index is 1.84. The maximum atomic E-state index is 13.2. The lowest BCUT2D eigenvalue weighted by Gasteiger charge is -2.15. The molecule has 0 spiro atoms. The number of nitrogens with one attached hydrogen (secondary N) is 2. The highest BCUT2D eigenvalue weighted by Gasteiger charge is 2.28. The first-order valence-corrected chi connectivity index (χ1v) is 13.9. The summed E-state index contributed by atoms with van der Waals surface area (Å²) in [7, 11) is -4.18. The highest BCUT2D eigenvalue weighted by molar-refractivity contribution is 7.89. The van der Waals surface area contributed by atoms with Crippen molar-refractivity contribution in [2.24, 2.45) is 0 Å². The number of amides is 1. The molecule has 0 bridgehead atoms. The Kier molecular flexibility index (Phi) is 8.35. The van der Waals surface area contributed by atoms with Gasteiger partial charge >= 0.3 is 0 Å². The average Bonchev–Trinajstić information content (AvgIpc) is 3.56. The molecule has 40 heavy (non-hydrogen) atoms. The van der Waals surface area contributed by atoms with Gasteiger partial charge in [-0.3, -0.25) is 14.9 Å². The van der Waals surface area contributed by atoms with Gasteiger partial charge in [-0.2, -0.15) is 9.78 Å². The van der Waals surface area contributed by atoms with E-state index in [4.69, 9.17) is 9.15 Å². The maximum Gasteiger partial charge on any atom is 0.272 e. The van der Waals surface area contributed by atoms with Gasteiger partial charge in [0.15, 0.2) is 5.69 Å². The third kappa shape index (κ3) is 6.05. The number of aryl methyl sites for hydroxylation is 2. The van der Waals surface area contributed by atoms with E-state index in [9.17, 15) is 23.3 Å². The summed E-state index contributed by atoms with van der Waals surface area (Å²) >= 11 is 0. The number of nitro benzene ring substituents is 1. The standard InChI is InChI=1S/C27H29N5O7S/c1-5-12-29-40(36,37)24-15-20(32(34)35)10-11-23(24)39-27-19(4)25(26(33)28-16-21-7-6-13-38-21)30-31(27)22-14-17(2)8-9-18(22)3/h6-11,13-15,29H,5,12,16H2,1-4H3,(H,28,33). The van der Waals surface area contributed by atoms with E-state index in [1.54, 1.807) is 26.0 Å². The van der Waals surface area contributed by atoms with Crippen molar-refractivity contribution in [1.29, 1.82) is 0 Å². The summed E-state index contributed by atoms with van der Waals surface area (Å²) in [6, 6.07) is 12.4. The second-order valence-electron chi connectivity index (χ2n) is 9.13. The molecule has 2 heterocycles. The third-order valence-corrected chi connectivity index (χ3v) is 7.54. The van der Waals surface area contributed by atoms with E-state index in [1.165, 1.54) is 17.0 Å². The number of furan rings is 1. The van der Waals surface area contributed by atoms with Crippen LogP contribution in [0, 0.1) is 30.9 Å². The van der Waals surface area contributed by atoms with Crippen molar-refractivity contribution in [1.82, 2.24) is 19.8 Å². The van der Waals surface area contributed by atoms with E-state index in [0.717, 1.165) is 23.3 Å². The van der Waals surface area contributed by atoms with E-state index >= 15 is 0 Å². The van der Waals surface area contributed by atoms with Crippen molar-refractivity contribution in [2.45, 2.75) is 45.6 Å². The number of ether oxygens (including phenoxy) is 1. The number of hydrogen-bond donors (Lipinski definition) is 2. The monoisotopic (exact) mass is 567 g/mol. The maximum absolute atomic E-state index is 13.2. The molecule has 12 nitrogen and oxygen atoms in total. The number of benzene rings is 2. The average molecular weight is 568 g/mol. The Morgan fingerprint density at radius 2 is 1.93 bits per heavy atom. The molecule has 1 amide bonds. The van der Waals surface area contributed by atoms with Crippen molar-refractivity contribution in [3.05, 3.63) is 93.1 Å². The van der Waals surface area contributed by atoms with E-state index < -0.39 is 31.4 Å². The van der Waals surface area contributed by atoms with Crippen molar-refractivity contribution in [3.8, 4) is 17.3 Å². The smallest absolute Gasteiger partial charge is 0.272 e. The van der Waals surface area contributed by atoms with Crippen molar-refractivity contribution < 1.29 is 27.3 Å². The van der Waals surface area contributed by atoms with Crippen LogP contribution in [-0.2, 0) is 16.6 Å². The summed E-state index contributed by atoms with van der Waals surface area (Å²) in [6.07, 6.45) is 2.01. The van der Waals surface area contributed by atoms with Gasteiger partial charge in [-0.05, 0) is 62.6 Å². The molecule has 0 aliphatic rings. The topological polar surface area (TPSA) is 159 Å². The molecule has 4 aromatic rings. The van der Waals surface area contributed by atoms with Crippen LogP contribution in [0.2, 0.25) is 0 Å². The normalized spacial score (nSPS) is 11.4. The van der Waals surface area contributed by atoms with E-state index in [0.29, 0.717) is 23.4 Å². The number of non-ortho nitro benzene ring substituents is 1. The molecule has 0 saturated carbocycles. The number of rotatable bonds is 11. The predicted octanol–water partition coefficient (Wildman–Crippen LogP) is 4.71. The van der Waals surface area contributed by atoms with Crippen LogP contribution in [0.5, 0.6) is 11.6 Å². The zero-order chi connectivity index (χ0) is 29.0. The summed E-state index contributed by atoms with van der Waals surface area (Å²) in [5.41, 5.74) is 2.33. The second-order valence-corrected chi connectivity index (χ2v) is 10.9. The first-order valence-electron chi connectivity index (χ1n) is 12.5. The lowest BCUT2D eigenvalue weighted by atomic mass is 10.1. The van der Waals surface area contributed by atoms with Crippen LogP contribution in [0.1, 0.15) is 46.3 Å². The van der Waals surface area contributed by atoms with Gasteiger partial charge in [0.1, 0.15) is 16.4 Å². The second kappa shape index (κ2) is 11.7. The van der Waals surface area contributed by atoms with Crippen molar-refractivity contribution in [2.75, 3.05) is 6.54 Å². The molecule has 13 heteroatoms. The van der Waals surface area contributed by atoms with Gasteiger partial charge < -0.3 is 14.5 Å². The number of aromatic nitrogens is 2. The van der Waals surface area contributed by atoms with Crippen molar-refractivity contribution in [3.63, 3.8) is 0 Å². The van der Waals surface area contributed by atoms with Crippen LogP contribution >= 0.6 is 0 Å². The minimum absolute atomic E-state index is 0.0536. The minimum atomic E-state index is -4.18. The highest BCUT2D eigenvalue weighted by atomic mass is 32.2. The van der Waals surface area contributed by atoms with Gasteiger partial charge in [-0.1, -0.05) is 19.1 Å². The molecule has 0 radical (unpaired) electrons. The molecule has 0 aliphatic carbocycles. The Hall–Kier alpha value is -4.49. The summed E-state index contributed by atoms with van der Waals surface area (Å²) in [6.45, 7) is 7.44. The number of hydrogen-bond acceptors (Lipinski definition) is 8. The first-order chi connectivity index (χ1) is 19.0. The Bertz CT molecular complexity index is 1660. The molecule has 210 valence electrons. The summed E-state index contributed by atoms with van der Waals surface area (Å²) in [5.74, 6) is -0.0235. The van der Waals surface area contributed by atoms with Gasteiger partial charge in [0.05, 0.1) is 23.4 Å². The van der Waals surface area contributed by atoms with Gasteiger partial charge in [0.2, 0.25) is 15.9 Å². The number of carbonyl (C=O) groups is 1. The molecule has 0 unspecified atom stereocenters. The van der Waals surface area contributed by atoms with Gasteiger partial charge in [0.25, 0.3) is 11.6 Å². The zero-order valence-corrected chi connectivity index (χ0v) is 23.2. The Labute approximate surface area is 231 Å². The number of nitrogens with zero attached hydrogens (tertiary/aromatic N) is 3. The molecule has 0 fully saturated rings. The molecular formula is C27H29N5O7S. The van der Waals surface area contributed by atoms with Gasteiger partial charge in [-0.25, -0.2) is 13.1 Å². The fraction of sp³-hybridized carbons (Fsp3) is 0.259. The van der Waals surface area contributed by atoms with Gasteiger partial charge in [0, 0.05) is 24.2 Å². The van der Waals surface area contributed by atoms with E-state index in [-0.39, 0.29) is 30.4 Å². The molecule has 0 aliphatic heterocycles. The highest BCUT2D eigenvalue weighted by Crippen LogP contribution is 2.36. The molecule has 0 atom stereocenters. The van der Waals surface area contributed by atoms with Crippen LogP contribution in [0.15, 0.2) is 64.1 Å². The van der Waals surface area contributed by atoms with E-state index in [2.05, 4.69) is 15.1 Å². The van der Waals surface area contributed by atoms with Crippen LogP contribution in [0.4, 0.5) is 5.69 Å². The third-order valence-electron chi connectivity index (χ3n) is 6.06. The molecule has 0 saturated heterocycles. The quantitative estimate of drug-likeness (QED) is 0.195. The fourth-order valence-corrected chi connectivity index (χ4v) is 5.19. The summed E-state index contributed by atoms with van der Waals surface area (Å²) < 4.78 is 41.5. The first kappa shape index (κ1) is 28.5. The number of carbonyl (C=O) groups excluding carboxylic acids is 1. The summed E-state index contributed by atoms with van der Waals surface area (Å²) in [5, 5.41) is 18.7. The minimum Gasteiger partial charge on any atom is -0.467 e. The molecule has 2 N–H and O–H groups in total. The van der Waals surface area contributed by atoms with Crippen LogP contribution in [0.3, 0.4) is 0 Å². The van der Waals surface area contributed by atoms with Gasteiger partial charge in [-0.15, -0.1) is 0 Å². The van der Waals surface area contributed by atoms with E-state index in [1.807, 2.05) is 32.0 Å². The Morgan fingerprint density at radius 1 is 1.15 bits per heavy atom. The fourth-order valence-electron chi connectivity index (χ4n) is 3.91. The predicted molar refractivity (Wildman–Crippen MR) is 146 cm³/mol.